The fraction of sp³-hybridized carbons (Fsp3) is 0.267. The van der Waals surface area contributed by atoms with Crippen LogP contribution in [0.25, 0.3) is 103 Å². The van der Waals surface area contributed by atoms with E-state index in [0.717, 1.165) is 111 Å². The van der Waals surface area contributed by atoms with Gasteiger partial charge < -0.3 is 14.7 Å². The molecule has 8 aliphatic carbocycles. The summed E-state index contributed by atoms with van der Waals surface area (Å²) in [6.45, 7) is 1.87. The van der Waals surface area contributed by atoms with Crippen molar-refractivity contribution in [2.45, 2.75) is 99.2 Å². The monoisotopic (exact) mass is 1120 g/mol. The molecule has 12 aromatic carbocycles. The van der Waals surface area contributed by atoms with Crippen LogP contribution in [-0.2, 0) is 56.3 Å². The SMILES string of the molecule is O=C1/C(=C2/C(=O)N(CCCCCCN3C(=O)C4(c5ccccc53)C35C6=Cc7cc8c9c%10c%11c%12c(cc%13c%14c%15c(cc%16cc(c3c3c%17c%18c(c9c7C%1845)c%11c(c%12%14)c%17c%15c%163)C6)C%13)CC%10C8)c3ccccc32)c2ccccc2N1CCCCCCBr. The predicted molar refractivity (Wildman–Crippen MR) is 334 cm³/mol. The lowest BCUT2D eigenvalue weighted by atomic mass is 9.69. The predicted octanol–water partition coefficient (Wildman–Crippen LogP) is 15.7. The molecule has 12 aromatic rings. The number of allylic oxidation sites excluding steroid dienone is 1. The van der Waals surface area contributed by atoms with Crippen molar-refractivity contribution in [1.29, 1.82) is 0 Å². The van der Waals surface area contributed by atoms with E-state index in [0.29, 0.717) is 42.6 Å². The van der Waals surface area contributed by atoms with Crippen LogP contribution >= 0.6 is 15.9 Å². The molecule has 23 rings (SSSR count). The van der Waals surface area contributed by atoms with Gasteiger partial charge in [0.05, 0.1) is 33.4 Å². The van der Waals surface area contributed by atoms with Gasteiger partial charge in [0.2, 0.25) is 5.91 Å². The molecule has 7 heteroatoms. The van der Waals surface area contributed by atoms with Crippen LogP contribution in [0.15, 0.2) is 103 Å². The first-order valence-corrected chi connectivity index (χ1v) is 31.9. The number of carbonyl (C=O) groups excluding carboxylic acids is 3. The Labute approximate surface area is 479 Å². The first kappa shape index (κ1) is 42.9. The Morgan fingerprint density at radius 1 is 0.439 bits per heavy atom. The summed E-state index contributed by atoms with van der Waals surface area (Å²) in [5, 5.41) is 25.5. The Hall–Kier alpha value is -7.87. The summed E-state index contributed by atoms with van der Waals surface area (Å²) in [6, 6.07) is 35.7. The molecule has 0 saturated heterocycles. The molecule has 0 N–H and O–H groups in total. The number of nitrogens with zero attached hydrogens (tertiary/aromatic N) is 3. The van der Waals surface area contributed by atoms with Gasteiger partial charge in [-0.15, -0.1) is 0 Å². The molecule has 3 spiro atoms. The topological polar surface area (TPSA) is 60.9 Å². The van der Waals surface area contributed by atoms with E-state index in [4.69, 9.17) is 0 Å². The Kier molecular flexibility index (Phi) is 6.96. The third-order valence-corrected chi connectivity index (χ3v) is 24.6. The van der Waals surface area contributed by atoms with Gasteiger partial charge in [0, 0.05) is 41.8 Å². The van der Waals surface area contributed by atoms with Crippen LogP contribution in [0.5, 0.6) is 0 Å². The molecule has 0 aromatic heterocycles. The van der Waals surface area contributed by atoms with Crippen LogP contribution in [0.2, 0.25) is 0 Å². The van der Waals surface area contributed by atoms with E-state index in [2.05, 4.69) is 75.4 Å². The molecule has 1 fully saturated rings. The number of alkyl halides is 1. The van der Waals surface area contributed by atoms with E-state index in [-0.39, 0.29) is 11.8 Å². The second kappa shape index (κ2) is 13.3. The van der Waals surface area contributed by atoms with Gasteiger partial charge in [0.25, 0.3) is 11.8 Å². The van der Waals surface area contributed by atoms with Gasteiger partial charge in [-0.25, -0.2) is 0 Å². The first-order chi connectivity index (χ1) is 40.4. The molecule has 1 saturated carbocycles. The van der Waals surface area contributed by atoms with Gasteiger partial charge in [0.15, 0.2) is 0 Å². The minimum Gasteiger partial charge on any atom is -0.311 e. The molecule has 3 heterocycles. The fourth-order valence-corrected chi connectivity index (χ4v) is 22.5. The number of hydrogen-bond acceptors (Lipinski definition) is 3. The van der Waals surface area contributed by atoms with Crippen molar-refractivity contribution in [2.75, 3.05) is 39.7 Å². The highest BCUT2D eigenvalue weighted by atomic mass is 79.9. The molecule has 82 heavy (non-hydrogen) atoms. The van der Waals surface area contributed by atoms with Crippen molar-refractivity contribution in [3.8, 4) is 0 Å². The number of anilines is 3. The zero-order chi connectivity index (χ0) is 53.1. The largest absolute Gasteiger partial charge is 0.311 e. The smallest absolute Gasteiger partial charge is 0.259 e. The van der Waals surface area contributed by atoms with Crippen molar-refractivity contribution >= 4 is 154 Å². The average molecular weight is 1120 g/mol. The molecule has 3 amide bonds. The maximum absolute atomic E-state index is 17.1. The molecular weight excluding hydrogens is 1070 g/mol. The lowest BCUT2D eigenvalue weighted by Crippen LogP contribution is -2.38. The average Bonchev–Trinajstić information content (AvgIpc) is 1.38. The number of para-hydroxylation sites is 3. The lowest BCUT2D eigenvalue weighted by molar-refractivity contribution is -0.121. The highest BCUT2D eigenvalue weighted by Gasteiger charge is 2.99. The Balaban J connectivity index is 0.630. The fourth-order valence-electron chi connectivity index (χ4n) is 22.1. The third-order valence-electron chi connectivity index (χ3n) is 24.0. The number of fused-ring (bicyclic) bond motifs is 4. The van der Waals surface area contributed by atoms with Crippen molar-refractivity contribution < 1.29 is 14.4 Å². The van der Waals surface area contributed by atoms with Crippen LogP contribution in [0.3, 0.4) is 0 Å². The molecule has 0 bridgehead atoms. The Morgan fingerprint density at radius 3 is 1.71 bits per heavy atom. The van der Waals surface area contributed by atoms with Crippen molar-refractivity contribution in [2.24, 2.45) is 0 Å². The van der Waals surface area contributed by atoms with Gasteiger partial charge in [-0.1, -0.05) is 132 Å². The summed E-state index contributed by atoms with van der Waals surface area (Å²) >= 11 is 3.56. The minimum absolute atomic E-state index is 0.0669. The number of carbonyl (C=O) groups is 3. The van der Waals surface area contributed by atoms with Crippen molar-refractivity contribution in [3.63, 3.8) is 0 Å². The van der Waals surface area contributed by atoms with E-state index in [1.165, 1.54) is 87.6 Å². The van der Waals surface area contributed by atoms with E-state index in [1.54, 1.807) is 65.3 Å². The quantitative estimate of drug-likeness (QED) is 0.0500. The maximum Gasteiger partial charge on any atom is 0.259 e. The first-order valence-electron chi connectivity index (χ1n) is 30.8. The summed E-state index contributed by atoms with van der Waals surface area (Å²) in [6.07, 6.45) is 14.6. The van der Waals surface area contributed by atoms with Gasteiger partial charge >= 0.3 is 0 Å². The summed E-state index contributed by atoms with van der Waals surface area (Å²) in [5.74, 6) is 0.648. The number of unbranched alkanes of at least 4 members (excludes halogenated alkanes) is 6. The number of halogens is 1. The zero-order valence-electron chi connectivity index (χ0n) is 45.2. The normalized spacial score (nSPS) is 25.0. The van der Waals surface area contributed by atoms with Crippen LogP contribution in [-0.4, -0.2) is 42.7 Å². The van der Waals surface area contributed by atoms with E-state index < -0.39 is 16.2 Å². The summed E-state index contributed by atoms with van der Waals surface area (Å²) in [7, 11) is 0. The van der Waals surface area contributed by atoms with Crippen LogP contribution in [0, 0.1) is 0 Å². The van der Waals surface area contributed by atoms with E-state index >= 15 is 4.79 Å². The van der Waals surface area contributed by atoms with E-state index in [9.17, 15) is 9.59 Å². The van der Waals surface area contributed by atoms with Gasteiger partial charge in [-0.05, 0) is 223 Å². The molecule has 4 unspecified atom stereocenters. The molecular formula is C75H50BrN3O3. The molecule has 390 valence electrons. The standard InChI is InChI=1S/C75H50BrN3O3/c76-21-11-1-2-12-22-77-46-18-8-5-15-43(46)55(70(77)80)56-44-16-6-9-19-47(44)78(71(56)81)23-13-3-4-14-24-79-48-20-10-7-17-45(48)74(72(79)82)73-42-32-40-31-39-29-35-25-34-26-37-27-36-28-38-30-41(33-42)68-63-52(38)51(36)58-53(37)57-49(34)50(35)59-54(39)64(67(40)73)66-62(59)60(57)61(58)65(63)69(66)75(68,73)74/h5-10,15-20,26,29-31,33,36H,1-4,11-14,21-25,27-28,32H2/b56-55+. The third kappa shape index (κ3) is 3.89. The minimum atomic E-state index is -0.802. The maximum atomic E-state index is 17.1. The molecule has 0 radical (unpaired) electrons. The van der Waals surface area contributed by atoms with Crippen LogP contribution < -0.4 is 14.7 Å². The molecule has 4 atom stereocenters. The Morgan fingerprint density at radius 2 is 0.988 bits per heavy atom. The van der Waals surface area contributed by atoms with E-state index in [1.807, 2.05) is 58.3 Å². The molecule has 6 nitrogen and oxygen atoms in total. The van der Waals surface area contributed by atoms with Gasteiger partial charge in [-0.3, -0.25) is 14.4 Å². The summed E-state index contributed by atoms with van der Waals surface area (Å²) in [4.78, 5) is 52.6. The number of hydrogen-bond donors (Lipinski definition) is 0. The van der Waals surface area contributed by atoms with Crippen molar-refractivity contribution in [3.05, 3.63) is 175 Å². The summed E-state index contributed by atoms with van der Waals surface area (Å²) in [5.41, 5.74) is 21.8. The highest BCUT2D eigenvalue weighted by molar-refractivity contribution is 9.09. The Bertz CT molecular complexity index is 5370. The highest BCUT2D eigenvalue weighted by Crippen LogP contribution is 2.94. The number of amides is 3. The second-order valence-corrected chi connectivity index (χ2v) is 27.6. The molecule has 3 aliphatic heterocycles. The zero-order valence-corrected chi connectivity index (χ0v) is 46.7. The molecule has 11 aliphatic rings. The van der Waals surface area contributed by atoms with Crippen molar-refractivity contribution in [1.82, 2.24) is 0 Å². The van der Waals surface area contributed by atoms with Crippen LogP contribution in [0.4, 0.5) is 17.1 Å². The second-order valence-electron chi connectivity index (χ2n) is 26.8. The number of rotatable bonds is 13. The lowest BCUT2D eigenvalue weighted by Gasteiger charge is -2.32. The van der Waals surface area contributed by atoms with Gasteiger partial charge in [0.1, 0.15) is 5.41 Å². The summed E-state index contributed by atoms with van der Waals surface area (Å²) < 4.78 is 0. The van der Waals surface area contributed by atoms with Crippen LogP contribution in [0.1, 0.15) is 130 Å². The number of benzene rings is 10. The van der Waals surface area contributed by atoms with Gasteiger partial charge in [-0.2, -0.15) is 0 Å².